The molecule has 0 aliphatic carbocycles. The summed E-state index contributed by atoms with van der Waals surface area (Å²) in [7, 11) is -6.67. The fourth-order valence-corrected chi connectivity index (χ4v) is 0.703. The van der Waals surface area contributed by atoms with Crippen LogP contribution >= 0.6 is 0 Å². The van der Waals surface area contributed by atoms with Crippen molar-refractivity contribution in [3.05, 3.63) is 24.3 Å². The van der Waals surface area contributed by atoms with Gasteiger partial charge in [0.15, 0.2) is 0 Å². The van der Waals surface area contributed by atoms with Gasteiger partial charge in [0.1, 0.15) is 0 Å². The second kappa shape index (κ2) is 7.61. The summed E-state index contributed by atoms with van der Waals surface area (Å²) in [5, 5.41) is -6.28. The van der Waals surface area contributed by atoms with Gasteiger partial charge in [0.25, 0.3) is 0 Å². The lowest BCUT2D eigenvalue weighted by atomic mass is 10.6. The van der Waals surface area contributed by atoms with Gasteiger partial charge in [-0.1, -0.05) is 0 Å². The van der Waals surface area contributed by atoms with E-state index >= 15 is 0 Å². The van der Waals surface area contributed by atoms with Crippen molar-refractivity contribution in [1.29, 1.82) is 0 Å². The fourth-order valence-electron chi connectivity index (χ4n) is 0.361. The summed E-state index contributed by atoms with van der Waals surface area (Å²) in [5.41, 5.74) is 0. The van der Waals surface area contributed by atoms with Gasteiger partial charge in [0.05, 0.1) is 0 Å². The summed E-state index contributed by atoms with van der Waals surface area (Å²) < 4.78 is 153. The standard InChI is InChI=1S/C4HF7O4S.C2F4/c5-1(6)2(7)15-3(8,9)4(10,11)16(12,13)14;3-1(4)2(5)6/h(H,12,13,14);. The van der Waals surface area contributed by atoms with Gasteiger partial charge >= 0.3 is 45.7 Å². The Morgan fingerprint density at radius 3 is 1.27 bits per heavy atom. The highest BCUT2D eigenvalue weighted by molar-refractivity contribution is 7.86. The topological polar surface area (TPSA) is 63.6 Å². The van der Waals surface area contributed by atoms with Gasteiger partial charge in [0, 0.05) is 0 Å². The van der Waals surface area contributed by atoms with E-state index in [1.54, 1.807) is 0 Å². The minimum Gasteiger partial charge on any atom is -0.397 e. The van der Waals surface area contributed by atoms with E-state index in [0.29, 0.717) is 0 Å². The van der Waals surface area contributed by atoms with Crippen molar-refractivity contribution >= 4 is 10.1 Å². The van der Waals surface area contributed by atoms with Crippen LogP contribution in [-0.2, 0) is 14.9 Å². The van der Waals surface area contributed by atoms with Crippen molar-refractivity contribution in [2.75, 3.05) is 0 Å². The van der Waals surface area contributed by atoms with Crippen LogP contribution in [0.1, 0.15) is 0 Å². The Labute approximate surface area is 113 Å². The zero-order valence-electron chi connectivity index (χ0n) is 9.24. The summed E-state index contributed by atoms with van der Waals surface area (Å²) in [6.07, 6.45) is -15.5. The zero-order chi connectivity index (χ0) is 18.5. The largest absolute Gasteiger partial charge is 0.485 e. The Morgan fingerprint density at radius 2 is 1.09 bits per heavy atom. The molecule has 0 saturated heterocycles. The number of rotatable bonds is 4. The van der Waals surface area contributed by atoms with Crippen molar-refractivity contribution in [2.45, 2.75) is 11.4 Å². The lowest BCUT2D eigenvalue weighted by Gasteiger charge is -2.22. The normalized spacial score (nSPS) is 12.0. The van der Waals surface area contributed by atoms with Gasteiger partial charge < -0.3 is 4.74 Å². The van der Waals surface area contributed by atoms with Gasteiger partial charge in [-0.25, -0.2) is 0 Å². The van der Waals surface area contributed by atoms with Crippen LogP contribution in [0.25, 0.3) is 0 Å². The van der Waals surface area contributed by atoms with Crippen LogP contribution in [-0.4, -0.2) is 24.3 Å². The molecule has 0 atom stereocenters. The third-order valence-electron chi connectivity index (χ3n) is 1.17. The van der Waals surface area contributed by atoms with E-state index < -0.39 is 45.7 Å². The van der Waals surface area contributed by atoms with E-state index in [4.69, 9.17) is 4.55 Å². The third-order valence-corrected chi connectivity index (χ3v) is 2.06. The van der Waals surface area contributed by atoms with Crippen LogP contribution in [0.2, 0.25) is 0 Å². The molecule has 0 aromatic heterocycles. The highest BCUT2D eigenvalue weighted by atomic mass is 32.2. The quantitative estimate of drug-likeness (QED) is 0.455. The lowest BCUT2D eigenvalue weighted by Crippen LogP contribution is -2.48. The molecule has 1 N–H and O–H groups in total. The van der Waals surface area contributed by atoms with Gasteiger partial charge in [0.2, 0.25) is 0 Å². The molecule has 0 aliphatic heterocycles. The van der Waals surface area contributed by atoms with E-state index in [1.807, 2.05) is 0 Å². The van der Waals surface area contributed by atoms with E-state index in [-0.39, 0.29) is 0 Å². The van der Waals surface area contributed by atoms with Crippen LogP contribution in [0.5, 0.6) is 0 Å². The fraction of sp³-hybridized carbons (Fsp3) is 0.333. The minimum absolute atomic E-state index is 2.13. The Hall–Kier alpha value is -1.58. The molecule has 0 aromatic carbocycles. The minimum atomic E-state index is -6.67. The molecule has 0 bridgehead atoms. The first-order chi connectivity index (χ1) is 9.47. The molecule has 0 unspecified atom stereocenters. The first-order valence-corrected chi connectivity index (χ1v) is 5.40. The molecule has 0 radical (unpaired) electrons. The molecule has 0 spiro atoms. The molecule has 0 amide bonds. The number of alkyl halides is 4. The average Bonchev–Trinajstić information content (AvgIpc) is 2.26. The monoisotopic (exact) mass is 378 g/mol. The van der Waals surface area contributed by atoms with Gasteiger partial charge in [-0.2, -0.15) is 56.7 Å². The molecule has 0 fully saturated rings. The average molecular weight is 378 g/mol. The Bertz CT molecular complexity index is 529. The second-order valence-electron chi connectivity index (χ2n) is 2.67. The van der Waals surface area contributed by atoms with E-state index in [1.165, 1.54) is 0 Å². The predicted octanol–water partition coefficient (Wildman–Crippen LogP) is 4.10. The van der Waals surface area contributed by atoms with Crippen molar-refractivity contribution in [3.63, 3.8) is 0 Å². The van der Waals surface area contributed by atoms with E-state index in [9.17, 15) is 56.7 Å². The van der Waals surface area contributed by atoms with Crippen molar-refractivity contribution in [1.82, 2.24) is 0 Å². The molecule has 0 aromatic rings. The molecule has 22 heavy (non-hydrogen) atoms. The Balaban J connectivity index is 0. The maximum absolute atomic E-state index is 12.2. The maximum atomic E-state index is 12.2. The molecule has 0 saturated carbocycles. The van der Waals surface area contributed by atoms with Crippen LogP contribution < -0.4 is 0 Å². The smallest absolute Gasteiger partial charge is 0.397 e. The van der Waals surface area contributed by atoms with Crippen LogP contribution in [0.3, 0.4) is 0 Å². The Morgan fingerprint density at radius 1 is 0.773 bits per heavy atom. The lowest BCUT2D eigenvalue weighted by molar-refractivity contribution is -0.310. The van der Waals surface area contributed by atoms with Crippen LogP contribution in [0.15, 0.2) is 24.3 Å². The second-order valence-corrected chi connectivity index (χ2v) is 4.13. The van der Waals surface area contributed by atoms with Crippen LogP contribution in [0.4, 0.5) is 48.3 Å². The zero-order valence-corrected chi connectivity index (χ0v) is 10.1. The molecule has 0 aliphatic rings. The summed E-state index contributed by atoms with van der Waals surface area (Å²) in [6, 6.07) is -3.40. The maximum Gasteiger partial charge on any atom is 0.485 e. The van der Waals surface area contributed by atoms with Gasteiger partial charge in [-0.05, 0) is 0 Å². The number of halogens is 11. The molecule has 0 heterocycles. The highest BCUT2D eigenvalue weighted by Crippen LogP contribution is 2.41. The van der Waals surface area contributed by atoms with Crippen molar-refractivity contribution in [3.8, 4) is 0 Å². The van der Waals surface area contributed by atoms with E-state index in [2.05, 4.69) is 4.74 Å². The first-order valence-electron chi connectivity index (χ1n) is 3.96. The number of hydrogen-bond donors (Lipinski definition) is 1. The summed E-state index contributed by atoms with van der Waals surface area (Å²) in [5.74, 6) is 0. The number of ether oxygens (including phenoxy) is 1. The highest BCUT2D eigenvalue weighted by Gasteiger charge is 2.69. The van der Waals surface area contributed by atoms with Crippen LogP contribution in [0, 0.1) is 0 Å². The molecular weight excluding hydrogens is 377 g/mol. The number of hydrogen-bond acceptors (Lipinski definition) is 3. The van der Waals surface area contributed by atoms with Crippen molar-refractivity contribution < 1.29 is 66.0 Å². The third kappa shape index (κ3) is 6.46. The summed E-state index contributed by atoms with van der Waals surface area (Å²) >= 11 is 0. The van der Waals surface area contributed by atoms with Gasteiger partial charge in [-0.3, -0.25) is 4.55 Å². The molecule has 4 nitrogen and oxygen atoms in total. The van der Waals surface area contributed by atoms with E-state index in [0.717, 1.165) is 0 Å². The molecule has 16 heteroatoms. The Kier molecular flexibility index (Phi) is 7.85. The first kappa shape index (κ1) is 22.7. The van der Waals surface area contributed by atoms with Gasteiger partial charge in [-0.15, -0.1) is 0 Å². The molecular formula is C6HF11O4S. The molecule has 0 rings (SSSR count). The predicted molar refractivity (Wildman–Crippen MR) is 44.3 cm³/mol. The SMILES string of the molecule is FC(F)=C(F)F.O=S(=O)(O)C(F)(F)C(F)(F)OC(F)=C(F)F. The summed E-state index contributed by atoms with van der Waals surface area (Å²) in [4.78, 5) is 0. The summed E-state index contributed by atoms with van der Waals surface area (Å²) in [6.45, 7) is 0. The van der Waals surface area contributed by atoms with Crippen molar-refractivity contribution in [2.24, 2.45) is 0 Å². The molecule has 132 valence electrons.